The monoisotopic (exact) mass is 361 g/mol. The van der Waals surface area contributed by atoms with Crippen LogP contribution in [0.25, 0.3) is 0 Å². The average molecular weight is 361 g/mol. The Balaban J connectivity index is 1.82. The normalized spacial score (nSPS) is 17.5. The number of anilines is 2. The number of hydrogen-bond donors (Lipinski definition) is 1. The molecule has 3 rings (SSSR count). The van der Waals surface area contributed by atoms with Gasteiger partial charge < -0.3 is 15.0 Å². The fourth-order valence-corrected chi connectivity index (χ4v) is 3.57. The van der Waals surface area contributed by atoms with Crippen molar-refractivity contribution in [3.63, 3.8) is 0 Å². The quantitative estimate of drug-likeness (QED) is 0.852. The van der Waals surface area contributed by atoms with Crippen LogP contribution < -0.4 is 5.32 Å². The number of methoxy groups -OCH3 is 1. The second kappa shape index (κ2) is 8.35. The molecule has 0 radical (unpaired) electrons. The number of nitrogens with zero attached hydrogens (tertiary/aromatic N) is 4. The first kappa shape index (κ1) is 17.8. The molecule has 3 heterocycles. The molecule has 0 saturated carbocycles. The molecule has 1 unspecified atom stereocenters. The second-order valence-electron chi connectivity index (χ2n) is 6.06. The molecule has 0 bridgehead atoms. The zero-order chi connectivity index (χ0) is 17.6. The lowest BCUT2D eigenvalue weighted by Gasteiger charge is -2.35. The lowest BCUT2D eigenvalue weighted by atomic mass is 10.0. The summed E-state index contributed by atoms with van der Waals surface area (Å²) < 4.78 is 5.05. The van der Waals surface area contributed by atoms with E-state index in [0.29, 0.717) is 24.7 Å². The van der Waals surface area contributed by atoms with E-state index in [1.54, 1.807) is 13.3 Å². The minimum Gasteiger partial charge on any atom is -0.384 e. The summed E-state index contributed by atoms with van der Waals surface area (Å²) in [7, 11) is 1.61. The Kier molecular flexibility index (Phi) is 5.93. The zero-order valence-electron chi connectivity index (χ0n) is 14.6. The van der Waals surface area contributed by atoms with Gasteiger partial charge in [-0.3, -0.25) is 4.79 Å². The van der Waals surface area contributed by atoms with E-state index in [2.05, 4.69) is 20.3 Å². The fourth-order valence-electron chi connectivity index (χ4n) is 3.03. The van der Waals surface area contributed by atoms with Gasteiger partial charge in [-0.05, 0) is 26.2 Å². The summed E-state index contributed by atoms with van der Waals surface area (Å²) >= 11 is 1.52. The Morgan fingerprint density at radius 3 is 3.08 bits per heavy atom. The molecule has 1 aliphatic heterocycles. The molecule has 0 aromatic carbocycles. The number of carbonyl (C=O) groups is 1. The third-order valence-electron chi connectivity index (χ3n) is 4.18. The number of rotatable bonds is 6. The lowest BCUT2D eigenvalue weighted by Crippen LogP contribution is -2.39. The van der Waals surface area contributed by atoms with Crippen LogP contribution in [-0.2, 0) is 9.53 Å². The molecule has 7 nitrogen and oxygen atoms in total. The van der Waals surface area contributed by atoms with Crippen molar-refractivity contribution in [3.05, 3.63) is 29.2 Å². The first-order valence-electron chi connectivity index (χ1n) is 8.48. The number of hydrogen-bond acceptors (Lipinski definition) is 7. The Bertz CT molecular complexity index is 707. The van der Waals surface area contributed by atoms with Crippen LogP contribution in [-0.4, -0.2) is 46.0 Å². The van der Waals surface area contributed by atoms with Crippen LogP contribution in [0.15, 0.2) is 17.6 Å². The molecule has 25 heavy (non-hydrogen) atoms. The molecule has 8 heteroatoms. The molecule has 2 aromatic heterocycles. The van der Waals surface area contributed by atoms with E-state index in [4.69, 9.17) is 4.74 Å². The van der Waals surface area contributed by atoms with Crippen LogP contribution in [0.3, 0.4) is 0 Å². The van der Waals surface area contributed by atoms with Gasteiger partial charge in [-0.25, -0.2) is 15.0 Å². The Labute approximate surface area is 151 Å². The number of likely N-dealkylation sites (tertiary alicyclic amines) is 1. The van der Waals surface area contributed by atoms with E-state index in [1.807, 2.05) is 23.3 Å². The molecule has 1 aliphatic rings. The highest BCUT2D eigenvalue weighted by molar-refractivity contribution is 7.13. The average Bonchev–Trinajstić information content (AvgIpc) is 3.12. The van der Waals surface area contributed by atoms with Crippen molar-refractivity contribution < 1.29 is 9.53 Å². The van der Waals surface area contributed by atoms with E-state index in [-0.39, 0.29) is 11.9 Å². The van der Waals surface area contributed by atoms with Gasteiger partial charge in [0.25, 0.3) is 0 Å². The summed E-state index contributed by atoms with van der Waals surface area (Å²) in [5, 5.41) is 5.92. The molecule has 2 aromatic rings. The molecule has 1 saturated heterocycles. The molecular weight excluding hydrogens is 338 g/mol. The standard InChI is InChI=1S/C17H23N5O2S/c1-12-11-14(21-17-18-7-10-25-17)20-16(19-12)13-5-3-4-8-22(13)15(23)6-9-24-2/h7,10-11,13H,3-6,8-9H2,1-2H3,(H,18,19,20,21). The minimum absolute atomic E-state index is 0.0742. The minimum atomic E-state index is -0.0742. The third kappa shape index (κ3) is 4.52. The van der Waals surface area contributed by atoms with Crippen molar-refractivity contribution in [1.29, 1.82) is 0 Å². The van der Waals surface area contributed by atoms with Crippen molar-refractivity contribution in [3.8, 4) is 0 Å². The highest BCUT2D eigenvalue weighted by Crippen LogP contribution is 2.30. The van der Waals surface area contributed by atoms with E-state index in [9.17, 15) is 4.79 Å². The summed E-state index contributed by atoms with van der Waals surface area (Å²) in [6.45, 7) is 3.13. The van der Waals surface area contributed by atoms with Gasteiger partial charge in [0.2, 0.25) is 5.91 Å². The molecular formula is C17H23N5O2S. The maximum absolute atomic E-state index is 12.5. The highest BCUT2D eigenvalue weighted by Gasteiger charge is 2.30. The smallest absolute Gasteiger partial charge is 0.225 e. The van der Waals surface area contributed by atoms with Gasteiger partial charge in [-0.15, -0.1) is 11.3 Å². The Morgan fingerprint density at radius 2 is 2.32 bits per heavy atom. The van der Waals surface area contributed by atoms with E-state index >= 15 is 0 Å². The van der Waals surface area contributed by atoms with E-state index in [0.717, 1.165) is 36.6 Å². The summed E-state index contributed by atoms with van der Waals surface area (Å²) in [4.78, 5) is 27.9. The number of carbonyl (C=O) groups excluding carboxylic acids is 1. The lowest BCUT2D eigenvalue weighted by molar-refractivity contribution is -0.136. The molecule has 0 spiro atoms. The second-order valence-corrected chi connectivity index (χ2v) is 6.95. The summed E-state index contributed by atoms with van der Waals surface area (Å²) in [6, 6.07) is 1.82. The van der Waals surface area contributed by atoms with Crippen molar-refractivity contribution in [1.82, 2.24) is 19.9 Å². The summed E-state index contributed by atoms with van der Waals surface area (Å²) in [5.74, 6) is 1.52. The molecule has 1 N–H and O–H groups in total. The zero-order valence-corrected chi connectivity index (χ0v) is 15.4. The summed E-state index contributed by atoms with van der Waals surface area (Å²) in [6.07, 6.45) is 5.12. The fraction of sp³-hybridized carbons (Fsp3) is 0.529. The largest absolute Gasteiger partial charge is 0.384 e. The molecule has 1 amide bonds. The van der Waals surface area contributed by atoms with Gasteiger partial charge in [-0.2, -0.15) is 0 Å². The van der Waals surface area contributed by atoms with Gasteiger partial charge >= 0.3 is 0 Å². The van der Waals surface area contributed by atoms with Crippen LogP contribution in [0.1, 0.15) is 43.2 Å². The molecule has 1 fully saturated rings. The predicted molar refractivity (Wildman–Crippen MR) is 97.0 cm³/mol. The molecule has 1 atom stereocenters. The van der Waals surface area contributed by atoms with Gasteiger partial charge in [-0.1, -0.05) is 0 Å². The number of thiazole rings is 1. The van der Waals surface area contributed by atoms with Crippen molar-refractivity contribution in [2.24, 2.45) is 0 Å². The van der Waals surface area contributed by atoms with Gasteiger partial charge in [0.15, 0.2) is 11.0 Å². The van der Waals surface area contributed by atoms with Crippen molar-refractivity contribution >= 4 is 28.2 Å². The van der Waals surface area contributed by atoms with Gasteiger partial charge in [0.1, 0.15) is 5.82 Å². The predicted octanol–water partition coefficient (Wildman–Crippen LogP) is 3.08. The van der Waals surface area contributed by atoms with Crippen LogP contribution in [0.5, 0.6) is 0 Å². The maximum Gasteiger partial charge on any atom is 0.225 e. The number of nitrogens with one attached hydrogen (secondary N) is 1. The van der Waals surface area contributed by atoms with E-state index in [1.165, 1.54) is 11.3 Å². The van der Waals surface area contributed by atoms with Gasteiger partial charge in [0, 0.05) is 37.0 Å². The van der Waals surface area contributed by atoms with Crippen LogP contribution in [0, 0.1) is 6.92 Å². The first-order chi connectivity index (χ1) is 12.2. The van der Waals surface area contributed by atoms with Crippen LogP contribution in [0.4, 0.5) is 10.9 Å². The molecule has 134 valence electrons. The van der Waals surface area contributed by atoms with Crippen molar-refractivity contribution in [2.75, 3.05) is 25.6 Å². The van der Waals surface area contributed by atoms with Crippen LogP contribution >= 0.6 is 11.3 Å². The number of aryl methyl sites for hydroxylation is 1. The number of piperidine rings is 1. The SMILES string of the molecule is COCCC(=O)N1CCCCC1c1nc(C)cc(Nc2nccs2)n1. The van der Waals surface area contributed by atoms with E-state index < -0.39 is 0 Å². The first-order valence-corrected chi connectivity index (χ1v) is 9.36. The Hall–Kier alpha value is -2.06. The number of amides is 1. The topological polar surface area (TPSA) is 80.2 Å². The van der Waals surface area contributed by atoms with Crippen molar-refractivity contribution in [2.45, 2.75) is 38.6 Å². The number of ether oxygens (including phenoxy) is 1. The summed E-state index contributed by atoms with van der Waals surface area (Å²) in [5.41, 5.74) is 0.874. The van der Waals surface area contributed by atoms with Crippen LogP contribution in [0.2, 0.25) is 0 Å². The highest BCUT2D eigenvalue weighted by atomic mass is 32.1. The third-order valence-corrected chi connectivity index (χ3v) is 4.87. The molecule has 0 aliphatic carbocycles. The Morgan fingerprint density at radius 1 is 1.44 bits per heavy atom. The number of aromatic nitrogens is 3. The van der Waals surface area contributed by atoms with Gasteiger partial charge in [0.05, 0.1) is 19.1 Å². The maximum atomic E-state index is 12.5.